The van der Waals surface area contributed by atoms with Gasteiger partial charge in [0.15, 0.2) is 5.96 Å². The first kappa shape index (κ1) is 24.5. The van der Waals surface area contributed by atoms with Gasteiger partial charge in [-0.1, -0.05) is 18.2 Å². The number of nitrogens with zero attached hydrogens (tertiary/aromatic N) is 2. The van der Waals surface area contributed by atoms with E-state index < -0.39 is 6.36 Å². The molecule has 1 aromatic heterocycles. The average Bonchev–Trinajstić information content (AvgIpc) is 3.01. The minimum atomic E-state index is -4.73. The molecular weight excluding hydrogens is 504 g/mol. The summed E-state index contributed by atoms with van der Waals surface area (Å²) in [5.74, 6) is 0.318. The van der Waals surface area contributed by atoms with Crippen LogP contribution in [0, 0.1) is 6.92 Å². The molecule has 0 saturated heterocycles. The number of benzene rings is 1. The summed E-state index contributed by atoms with van der Waals surface area (Å²) in [7, 11) is 0. The predicted molar refractivity (Wildman–Crippen MR) is 117 cm³/mol. The summed E-state index contributed by atoms with van der Waals surface area (Å²) in [6, 6.07) is 6.01. The monoisotopic (exact) mass is 528 g/mol. The van der Waals surface area contributed by atoms with Crippen LogP contribution in [0.25, 0.3) is 0 Å². The van der Waals surface area contributed by atoms with Gasteiger partial charge in [-0.2, -0.15) is 0 Å². The molecule has 0 aliphatic carbocycles. The van der Waals surface area contributed by atoms with E-state index >= 15 is 0 Å². The van der Waals surface area contributed by atoms with Crippen LogP contribution in [0.1, 0.15) is 29.6 Å². The highest BCUT2D eigenvalue weighted by atomic mass is 127. The van der Waals surface area contributed by atoms with Crippen LogP contribution in [0.2, 0.25) is 0 Å². The van der Waals surface area contributed by atoms with Crippen molar-refractivity contribution in [1.82, 2.24) is 15.6 Å². The molecule has 0 unspecified atom stereocenters. The Labute approximate surface area is 183 Å². The van der Waals surface area contributed by atoms with Crippen LogP contribution in [0.5, 0.6) is 5.75 Å². The number of nitrogens with one attached hydrogen (secondary N) is 2. The topological polar surface area (TPSA) is 58.5 Å². The molecule has 2 N–H and O–H groups in total. The minimum Gasteiger partial charge on any atom is -0.405 e. The number of aromatic nitrogens is 1. The standard InChI is InChI=1S/C18H23F3N4OS.HI/c1-3-22-17(23-10-6-9-16-25-13(2)12-27-16)24-11-14-7-4-5-8-15(14)26-18(19,20)21;/h4-5,7-8,12H,3,6,9-11H2,1-2H3,(H2,22,23,24);1H. The number of rotatable bonds is 8. The van der Waals surface area contributed by atoms with Gasteiger partial charge in [0, 0.05) is 36.1 Å². The Balaban J connectivity index is 0.00000392. The zero-order valence-corrected chi connectivity index (χ0v) is 18.8. The molecule has 0 aliphatic rings. The Morgan fingerprint density at radius 2 is 2.00 bits per heavy atom. The third-order valence-corrected chi connectivity index (χ3v) is 4.50. The smallest absolute Gasteiger partial charge is 0.405 e. The van der Waals surface area contributed by atoms with E-state index in [0.717, 1.165) is 23.5 Å². The van der Waals surface area contributed by atoms with Crippen molar-refractivity contribution in [2.75, 3.05) is 13.1 Å². The summed E-state index contributed by atoms with van der Waals surface area (Å²) >= 11 is 1.64. The summed E-state index contributed by atoms with van der Waals surface area (Å²) in [5.41, 5.74) is 1.39. The van der Waals surface area contributed by atoms with Crippen molar-refractivity contribution in [2.45, 2.75) is 39.6 Å². The highest BCUT2D eigenvalue weighted by Crippen LogP contribution is 2.26. The molecule has 0 spiro atoms. The first-order valence-corrected chi connectivity index (χ1v) is 9.52. The zero-order chi connectivity index (χ0) is 19.7. The maximum absolute atomic E-state index is 12.5. The molecule has 0 saturated carbocycles. The van der Waals surface area contributed by atoms with Gasteiger partial charge in [0.25, 0.3) is 0 Å². The number of ether oxygens (including phenoxy) is 1. The lowest BCUT2D eigenvalue weighted by atomic mass is 10.2. The van der Waals surface area contributed by atoms with Gasteiger partial charge in [0.1, 0.15) is 5.75 Å². The second-order valence-corrected chi connectivity index (χ2v) is 6.71. The van der Waals surface area contributed by atoms with Crippen molar-refractivity contribution in [3.8, 4) is 5.75 Å². The van der Waals surface area contributed by atoms with Crippen LogP contribution in [0.4, 0.5) is 13.2 Å². The van der Waals surface area contributed by atoms with Crippen LogP contribution >= 0.6 is 35.3 Å². The van der Waals surface area contributed by atoms with Crippen molar-refractivity contribution in [1.29, 1.82) is 0 Å². The van der Waals surface area contributed by atoms with Gasteiger partial charge in [0.2, 0.25) is 0 Å². The Bertz CT molecular complexity index is 752. The van der Waals surface area contributed by atoms with Crippen LogP contribution in [-0.2, 0) is 13.0 Å². The normalized spacial score (nSPS) is 11.7. The summed E-state index contributed by atoms with van der Waals surface area (Å²) in [6.07, 6.45) is -2.98. The molecule has 0 atom stereocenters. The number of hydrogen-bond acceptors (Lipinski definition) is 4. The Hall–Kier alpha value is -1.56. The molecule has 0 fully saturated rings. The Morgan fingerprint density at radius 1 is 1.25 bits per heavy atom. The fourth-order valence-corrected chi connectivity index (χ4v) is 3.15. The van der Waals surface area contributed by atoms with Crippen molar-refractivity contribution in [2.24, 2.45) is 4.99 Å². The van der Waals surface area contributed by atoms with Gasteiger partial charge in [0.05, 0.1) is 11.6 Å². The fourth-order valence-electron chi connectivity index (χ4n) is 2.33. The largest absolute Gasteiger partial charge is 0.573 e. The fraction of sp³-hybridized carbons (Fsp3) is 0.444. The molecular formula is C18H24F3IN4OS. The van der Waals surface area contributed by atoms with E-state index in [1.54, 1.807) is 23.5 Å². The number of thiazole rings is 1. The molecule has 1 aromatic carbocycles. The summed E-state index contributed by atoms with van der Waals surface area (Å²) in [5, 5.41) is 9.39. The number of guanidine groups is 1. The summed E-state index contributed by atoms with van der Waals surface area (Å²) in [4.78, 5) is 8.77. The van der Waals surface area contributed by atoms with Crippen LogP contribution in [-0.4, -0.2) is 30.4 Å². The van der Waals surface area contributed by atoms with E-state index in [4.69, 9.17) is 0 Å². The second-order valence-electron chi connectivity index (χ2n) is 5.76. The third kappa shape index (κ3) is 9.09. The van der Waals surface area contributed by atoms with Crippen molar-refractivity contribution < 1.29 is 17.9 Å². The SMILES string of the molecule is CCNC(=NCc1ccccc1OC(F)(F)F)NCCCc1nc(C)cs1.I. The highest BCUT2D eigenvalue weighted by Gasteiger charge is 2.31. The highest BCUT2D eigenvalue weighted by molar-refractivity contribution is 14.0. The molecule has 5 nitrogen and oxygen atoms in total. The average molecular weight is 528 g/mol. The number of para-hydroxylation sites is 1. The number of alkyl halides is 3. The molecule has 1 heterocycles. The van der Waals surface area contributed by atoms with Gasteiger partial charge in [-0.15, -0.1) is 48.5 Å². The summed E-state index contributed by atoms with van der Waals surface area (Å²) < 4.78 is 41.6. The van der Waals surface area contributed by atoms with Crippen molar-refractivity contribution in [3.63, 3.8) is 0 Å². The van der Waals surface area contributed by atoms with Crippen molar-refractivity contribution >= 4 is 41.3 Å². The second kappa shape index (κ2) is 12.1. The van der Waals surface area contributed by atoms with Crippen LogP contribution in [0.3, 0.4) is 0 Å². The Kier molecular flexibility index (Phi) is 10.6. The van der Waals surface area contributed by atoms with E-state index in [0.29, 0.717) is 24.6 Å². The molecule has 156 valence electrons. The maximum Gasteiger partial charge on any atom is 0.573 e. The van der Waals surface area contributed by atoms with Gasteiger partial charge in [-0.25, -0.2) is 9.98 Å². The number of halogens is 4. The van der Waals surface area contributed by atoms with Crippen LogP contribution in [0.15, 0.2) is 34.6 Å². The van der Waals surface area contributed by atoms with Crippen molar-refractivity contribution in [3.05, 3.63) is 45.9 Å². The third-order valence-electron chi connectivity index (χ3n) is 3.48. The van der Waals surface area contributed by atoms with Gasteiger partial charge in [-0.05, 0) is 26.3 Å². The van der Waals surface area contributed by atoms with Gasteiger partial charge >= 0.3 is 6.36 Å². The Morgan fingerprint density at radius 3 is 2.64 bits per heavy atom. The van der Waals surface area contributed by atoms with E-state index in [2.05, 4.69) is 25.3 Å². The molecule has 0 aliphatic heterocycles. The lowest BCUT2D eigenvalue weighted by Crippen LogP contribution is -2.37. The lowest BCUT2D eigenvalue weighted by Gasteiger charge is -2.13. The molecule has 2 aromatic rings. The predicted octanol–water partition coefficient (Wildman–Crippen LogP) is 4.66. The molecule has 0 amide bonds. The molecule has 2 rings (SSSR count). The minimum absolute atomic E-state index is 0. The number of hydrogen-bond donors (Lipinski definition) is 2. The molecule has 0 bridgehead atoms. The van der Waals surface area contributed by atoms with E-state index in [1.165, 1.54) is 12.1 Å². The first-order valence-electron chi connectivity index (χ1n) is 8.64. The first-order chi connectivity index (χ1) is 12.9. The molecule has 0 radical (unpaired) electrons. The summed E-state index contributed by atoms with van der Waals surface area (Å²) in [6.45, 7) is 5.31. The van der Waals surface area contributed by atoms with Gasteiger partial charge in [-0.3, -0.25) is 0 Å². The quantitative estimate of drug-likeness (QED) is 0.227. The van der Waals surface area contributed by atoms with E-state index in [-0.39, 0.29) is 36.3 Å². The lowest BCUT2D eigenvalue weighted by molar-refractivity contribution is -0.274. The number of aryl methyl sites for hydroxylation is 2. The van der Waals surface area contributed by atoms with Crippen LogP contribution < -0.4 is 15.4 Å². The number of aliphatic imine (C=N–C) groups is 1. The zero-order valence-electron chi connectivity index (χ0n) is 15.7. The van der Waals surface area contributed by atoms with E-state index in [9.17, 15) is 13.2 Å². The van der Waals surface area contributed by atoms with Gasteiger partial charge < -0.3 is 15.4 Å². The molecule has 10 heteroatoms. The maximum atomic E-state index is 12.5. The molecule has 28 heavy (non-hydrogen) atoms. The van der Waals surface area contributed by atoms with E-state index in [1.807, 2.05) is 19.2 Å².